The van der Waals surface area contributed by atoms with Gasteiger partial charge in [-0.05, 0) is 55.6 Å². The van der Waals surface area contributed by atoms with E-state index in [2.05, 4.69) is 15.7 Å². The molecule has 0 spiro atoms. The van der Waals surface area contributed by atoms with E-state index in [-0.39, 0.29) is 24.4 Å². The van der Waals surface area contributed by atoms with E-state index in [1.54, 1.807) is 52.5 Å². The molecule has 2 amide bonds. The van der Waals surface area contributed by atoms with Crippen LogP contribution in [0.2, 0.25) is 5.02 Å². The summed E-state index contributed by atoms with van der Waals surface area (Å²) >= 11 is 7.40. The summed E-state index contributed by atoms with van der Waals surface area (Å²) < 4.78 is 1.79. The molecule has 4 rings (SSSR count). The van der Waals surface area contributed by atoms with Gasteiger partial charge in [0.25, 0.3) is 5.91 Å². The normalized spacial score (nSPS) is 11.1. The molecule has 0 bridgehead atoms. The van der Waals surface area contributed by atoms with Crippen LogP contribution in [0.5, 0.6) is 0 Å². The zero-order valence-corrected chi connectivity index (χ0v) is 18.5. The Hall–Kier alpha value is -3.23. The Balaban J connectivity index is 1.58. The van der Waals surface area contributed by atoms with Crippen molar-refractivity contribution in [3.8, 4) is 10.6 Å². The van der Waals surface area contributed by atoms with Crippen LogP contribution in [0.3, 0.4) is 0 Å². The SMILES string of the molecule is CC(C)n1ncc2c(C(=O)NCC(=O)Nc3ccc(Cl)cc3)cc(-c3cccs3)nc21. The van der Waals surface area contributed by atoms with Gasteiger partial charge in [-0.25, -0.2) is 9.67 Å². The van der Waals surface area contributed by atoms with Crippen LogP contribution in [0.25, 0.3) is 21.6 Å². The van der Waals surface area contributed by atoms with Crippen molar-refractivity contribution in [2.45, 2.75) is 19.9 Å². The van der Waals surface area contributed by atoms with Gasteiger partial charge in [0.1, 0.15) is 0 Å². The van der Waals surface area contributed by atoms with Gasteiger partial charge < -0.3 is 10.6 Å². The van der Waals surface area contributed by atoms with Gasteiger partial charge in [-0.3, -0.25) is 9.59 Å². The standard InChI is InChI=1S/C22H20ClN5O2S/c1-13(2)28-21-17(11-25-28)16(10-18(27-21)19-4-3-9-31-19)22(30)24-12-20(29)26-15-7-5-14(23)6-8-15/h3-11,13H,12H2,1-2H3,(H,24,30)(H,26,29). The zero-order valence-electron chi connectivity index (χ0n) is 16.9. The maximum atomic E-state index is 13.0. The van der Waals surface area contributed by atoms with Crippen molar-refractivity contribution in [1.82, 2.24) is 20.1 Å². The molecular weight excluding hydrogens is 434 g/mol. The maximum Gasteiger partial charge on any atom is 0.252 e. The van der Waals surface area contributed by atoms with E-state index in [1.807, 2.05) is 31.4 Å². The number of hydrogen-bond acceptors (Lipinski definition) is 5. The smallest absolute Gasteiger partial charge is 0.252 e. The molecule has 0 aliphatic rings. The molecule has 4 aromatic rings. The molecule has 0 atom stereocenters. The van der Waals surface area contributed by atoms with Crippen molar-refractivity contribution in [2.24, 2.45) is 0 Å². The number of halogens is 1. The van der Waals surface area contributed by atoms with E-state index < -0.39 is 0 Å². The average molecular weight is 454 g/mol. The van der Waals surface area contributed by atoms with E-state index in [0.29, 0.717) is 33.0 Å². The Labute approximate surface area is 188 Å². The summed E-state index contributed by atoms with van der Waals surface area (Å²) in [6, 6.07) is 12.5. The van der Waals surface area contributed by atoms with Gasteiger partial charge >= 0.3 is 0 Å². The summed E-state index contributed by atoms with van der Waals surface area (Å²) in [6.45, 7) is 3.84. The van der Waals surface area contributed by atoms with Gasteiger partial charge in [-0.15, -0.1) is 11.3 Å². The zero-order chi connectivity index (χ0) is 22.0. The minimum atomic E-state index is -0.361. The lowest BCUT2D eigenvalue weighted by Crippen LogP contribution is -2.33. The summed E-state index contributed by atoms with van der Waals surface area (Å²) in [5.41, 5.74) is 2.37. The molecule has 0 radical (unpaired) electrons. The number of pyridine rings is 1. The van der Waals surface area contributed by atoms with Crippen LogP contribution in [0.1, 0.15) is 30.2 Å². The van der Waals surface area contributed by atoms with Crippen LogP contribution in [-0.4, -0.2) is 33.1 Å². The highest BCUT2D eigenvalue weighted by atomic mass is 35.5. The van der Waals surface area contributed by atoms with Crippen LogP contribution < -0.4 is 10.6 Å². The highest BCUT2D eigenvalue weighted by Crippen LogP contribution is 2.28. The second-order valence-corrected chi connectivity index (χ2v) is 8.57. The molecule has 158 valence electrons. The second-order valence-electron chi connectivity index (χ2n) is 7.19. The quantitative estimate of drug-likeness (QED) is 0.440. The molecule has 1 aromatic carbocycles. The van der Waals surface area contributed by atoms with Gasteiger partial charge in [-0.1, -0.05) is 17.7 Å². The molecule has 0 unspecified atom stereocenters. The van der Waals surface area contributed by atoms with Crippen molar-refractivity contribution in [2.75, 3.05) is 11.9 Å². The predicted octanol–water partition coefficient (Wildman–Crippen LogP) is 4.76. The Bertz CT molecular complexity index is 1230. The number of amides is 2. The first kappa shape index (κ1) is 21.0. The van der Waals surface area contributed by atoms with Gasteiger partial charge in [0, 0.05) is 16.8 Å². The molecule has 0 saturated heterocycles. The monoisotopic (exact) mass is 453 g/mol. The van der Waals surface area contributed by atoms with Crippen molar-refractivity contribution in [1.29, 1.82) is 0 Å². The van der Waals surface area contributed by atoms with E-state index in [1.165, 1.54) is 0 Å². The van der Waals surface area contributed by atoms with E-state index in [0.717, 1.165) is 4.88 Å². The number of hydrogen-bond donors (Lipinski definition) is 2. The van der Waals surface area contributed by atoms with Crippen LogP contribution >= 0.6 is 22.9 Å². The Morgan fingerprint density at radius 1 is 1.19 bits per heavy atom. The number of carbonyl (C=O) groups excluding carboxylic acids is 2. The molecule has 31 heavy (non-hydrogen) atoms. The summed E-state index contributed by atoms with van der Waals surface area (Å²) in [7, 11) is 0. The van der Waals surface area contributed by atoms with Crippen molar-refractivity contribution >= 4 is 51.5 Å². The number of anilines is 1. The number of nitrogens with one attached hydrogen (secondary N) is 2. The van der Waals surface area contributed by atoms with Gasteiger partial charge in [0.2, 0.25) is 5.91 Å². The maximum absolute atomic E-state index is 13.0. The first-order valence-corrected chi connectivity index (χ1v) is 10.9. The number of aromatic nitrogens is 3. The largest absolute Gasteiger partial charge is 0.343 e. The summed E-state index contributed by atoms with van der Waals surface area (Å²) in [4.78, 5) is 30.9. The summed E-state index contributed by atoms with van der Waals surface area (Å²) in [5.74, 6) is -0.697. The average Bonchev–Trinajstić information content (AvgIpc) is 3.43. The fourth-order valence-electron chi connectivity index (χ4n) is 3.13. The first-order valence-electron chi connectivity index (χ1n) is 9.68. The first-order chi connectivity index (χ1) is 14.9. The Kier molecular flexibility index (Phi) is 6.01. The van der Waals surface area contributed by atoms with E-state index in [9.17, 15) is 9.59 Å². The van der Waals surface area contributed by atoms with Gasteiger partial charge in [0.15, 0.2) is 5.65 Å². The number of rotatable bonds is 6. The summed E-state index contributed by atoms with van der Waals surface area (Å²) in [5, 5.41) is 13.0. The number of benzene rings is 1. The number of thiophene rings is 1. The molecule has 9 heteroatoms. The number of carbonyl (C=O) groups is 2. The van der Waals surface area contributed by atoms with Crippen molar-refractivity contribution < 1.29 is 9.59 Å². The molecule has 3 aromatic heterocycles. The minimum Gasteiger partial charge on any atom is -0.343 e. The lowest BCUT2D eigenvalue weighted by atomic mass is 10.1. The molecule has 0 saturated carbocycles. The topological polar surface area (TPSA) is 88.9 Å². The lowest BCUT2D eigenvalue weighted by molar-refractivity contribution is -0.115. The molecule has 0 fully saturated rings. The van der Waals surface area contributed by atoms with Crippen LogP contribution in [0.15, 0.2) is 54.0 Å². The Morgan fingerprint density at radius 2 is 1.97 bits per heavy atom. The highest BCUT2D eigenvalue weighted by Gasteiger charge is 2.19. The second kappa shape index (κ2) is 8.87. The van der Waals surface area contributed by atoms with Crippen LogP contribution in [0.4, 0.5) is 5.69 Å². The fourth-order valence-corrected chi connectivity index (χ4v) is 3.94. The third-order valence-corrected chi connectivity index (χ3v) is 5.76. The molecule has 7 nitrogen and oxygen atoms in total. The molecule has 0 aliphatic heterocycles. The Morgan fingerprint density at radius 3 is 2.65 bits per heavy atom. The molecule has 2 N–H and O–H groups in total. The van der Waals surface area contributed by atoms with Crippen molar-refractivity contribution in [3.63, 3.8) is 0 Å². The van der Waals surface area contributed by atoms with Crippen molar-refractivity contribution in [3.05, 3.63) is 64.6 Å². The third-order valence-electron chi connectivity index (χ3n) is 4.61. The van der Waals surface area contributed by atoms with Gasteiger partial charge in [-0.2, -0.15) is 5.10 Å². The van der Waals surface area contributed by atoms with E-state index in [4.69, 9.17) is 16.6 Å². The predicted molar refractivity (Wildman–Crippen MR) is 124 cm³/mol. The van der Waals surface area contributed by atoms with Gasteiger partial charge in [0.05, 0.1) is 34.3 Å². The molecular formula is C22H20ClN5O2S. The van der Waals surface area contributed by atoms with Crippen LogP contribution in [-0.2, 0) is 4.79 Å². The number of fused-ring (bicyclic) bond motifs is 1. The van der Waals surface area contributed by atoms with E-state index >= 15 is 0 Å². The number of nitrogens with zero attached hydrogens (tertiary/aromatic N) is 3. The molecule has 0 aliphatic carbocycles. The minimum absolute atomic E-state index is 0.0876. The summed E-state index contributed by atoms with van der Waals surface area (Å²) in [6.07, 6.45) is 1.64. The fraction of sp³-hybridized carbons (Fsp3) is 0.182. The highest BCUT2D eigenvalue weighted by molar-refractivity contribution is 7.13. The third kappa shape index (κ3) is 4.60. The van der Waals surface area contributed by atoms with Crippen LogP contribution in [0, 0.1) is 0 Å². The lowest BCUT2D eigenvalue weighted by Gasteiger charge is -2.11. The molecule has 3 heterocycles.